The minimum Gasteiger partial charge on any atom is -0.444 e. The molecule has 142 valence electrons. The van der Waals surface area contributed by atoms with Crippen molar-refractivity contribution in [3.8, 4) is 0 Å². The Morgan fingerprint density at radius 2 is 1.88 bits per heavy atom. The number of carbonyl (C=O) groups excluding carboxylic acids is 2. The van der Waals surface area contributed by atoms with Crippen LogP contribution in [0.15, 0.2) is 30.3 Å². The van der Waals surface area contributed by atoms with Crippen molar-refractivity contribution in [2.24, 2.45) is 0 Å². The second-order valence-corrected chi connectivity index (χ2v) is 7.89. The van der Waals surface area contributed by atoms with Crippen LogP contribution in [0.2, 0.25) is 0 Å². The van der Waals surface area contributed by atoms with Gasteiger partial charge < -0.3 is 14.4 Å². The number of carbonyl (C=O) groups is 2. The van der Waals surface area contributed by atoms with Crippen molar-refractivity contribution in [3.63, 3.8) is 0 Å². The number of hydrogen-bond donors (Lipinski definition) is 0. The van der Waals surface area contributed by atoms with E-state index in [2.05, 4.69) is 0 Å². The van der Waals surface area contributed by atoms with Crippen LogP contribution in [0, 0.1) is 0 Å². The summed E-state index contributed by atoms with van der Waals surface area (Å²) in [5, 5.41) is 0. The molecular formula is C20H28N2O4. The molecule has 0 bridgehead atoms. The SMILES string of the molecule is CC(C)(C)OC(=O)N1CCCC1C(=O)N1CCOC(c2ccccc2)C1. The highest BCUT2D eigenvalue weighted by Gasteiger charge is 2.39. The van der Waals surface area contributed by atoms with Gasteiger partial charge >= 0.3 is 6.09 Å². The molecule has 2 atom stereocenters. The molecule has 6 heteroatoms. The Bertz CT molecular complexity index is 641. The molecule has 1 aromatic rings. The molecule has 2 unspecified atom stereocenters. The lowest BCUT2D eigenvalue weighted by Gasteiger charge is -2.36. The Balaban J connectivity index is 1.66. The third kappa shape index (κ3) is 4.36. The van der Waals surface area contributed by atoms with Gasteiger partial charge in [-0.15, -0.1) is 0 Å². The van der Waals surface area contributed by atoms with E-state index in [1.807, 2.05) is 56.0 Å². The zero-order chi connectivity index (χ0) is 18.7. The molecule has 2 saturated heterocycles. The fourth-order valence-corrected chi connectivity index (χ4v) is 3.49. The minimum absolute atomic E-state index is 0.00223. The molecule has 26 heavy (non-hydrogen) atoms. The molecule has 0 aliphatic carbocycles. The summed E-state index contributed by atoms with van der Waals surface area (Å²) in [7, 11) is 0. The zero-order valence-corrected chi connectivity index (χ0v) is 15.8. The van der Waals surface area contributed by atoms with E-state index >= 15 is 0 Å². The van der Waals surface area contributed by atoms with Gasteiger partial charge in [0.25, 0.3) is 0 Å². The number of ether oxygens (including phenoxy) is 2. The van der Waals surface area contributed by atoms with Gasteiger partial charge in [-0.3, -0.25) is 9.69 Å². The fraction of sp³-hybridized carbons (Fsp3) is 0.600. The minimum atomic E-state index is -0.565. The highest BCUT2D eigenvalue weighted by atomic mass is 16.6. The van der Waals surface area contributed by atoms with Gasteiger partial charge in [0, 0.05) is 13.1 Å². The second kappa shape index (κ2) is 7.66. The third-order valence-corrected chi connectivity index (χ3v) is 4.72. The van der Waals surface area contributed by atoms with Crippen LogP contribution in [0.4, 0.5) is 4.79 Å². The van der Waals surface area contributed by atoms with E-state index in [4.69, 9.17) is 9.47 Å². The first kappa shape index (κ1) is 18.7. The van der Waals surface area contributed by atoms with E-state index in [0.717, 1.165) is 12.0 Å². The summed E-state index contributed by atoms with van der Waals surface area (Å²) in [6.45, 7) is 7.66. The highest BCUT2D eigenvalue weighted by molar-refractivity contribution is 5.86. The molecular weight excluding hydrogens is 332 g/mol. The summed E-state index contributed by atoms with van der Waals surface area (Å²) in [6.07, 6.45) is 0.986. The molecule has 0 saturated carbocycles. The van der Waals surface area contributed by atoms with Gasteiger partial charge in [0.05, 0.1) is 13.2 Å². The number of hydrogen-bond acceptors (Lipinski definition) is 4. The maximum Gasteiger partial charge on any atom is 0.410 e. The Morgan fingerprint density at radius 1 is 1.15 bits per heavy atom. The predicted molar refractivity (Wildman–Crippen MR) is 97.7 cm³/mol. The Labute approximate surface area is 155 Å². The van der Waals surface area contributed by atoms with Crippen molar-refractivity contribution in [3.05, 3.63) is 35.9 Å². The van der Waals surface area contributed by atoms with Crippen LogP contribution in [0.1, 0.15) is 45.3 Å². The van der Waals surface area contributed by atoms with Crippen molar-refractivity contribution in [1.82, 2.24) is 9.80 Å². The first-order chi connectivity index (χ1) is 12.3. The van der Waals surface area contributed by atoms with Gasteiger partial charge in [-0.1, -0.05) is 30.3 Å². The molecule has 2 aliphatic rings. The molecule has 0 radical (unpaired) electrons. The largest absolute Gasteiger partial charge is 0.444 e. The van der Waals surface area contributed by atoms with E-state index in [1.54, 1.807) is 4.90 Å². The van der Waals surface area contributed by atoms with Crippen LogP contribution >= 0.6 is 0 Å². The van der Waals surface area contributed by atoms with Crippen LogP contribution in [-0.2, 0) is 14.3 Å². The number of rotatable bonds is 2. The molecule has 2 amide bonds. The molecule has 6 nitrogen and oxygen atoms in total. The Morgan fingerprint density at radius 3 is 2.58 bits per heavy atom. The maximum atomic E-state index is 13.1. The van der Waals surface area contributed by atoms with Gasteiger partial charge in [0.15, 0.2) is 0 Å². The average molecular weight is 360 g/mol. The van der Waals surface area contributed by atoms with Crippen molar-refractivity contribution in [2.45, 2.75) is 51.4 Å². The van der Waals surface area contributed by atoms with Crippen LogP contribution < -0.4 is 0 Å². The van der Waals surface area contributed by atoms with E-state index in [0.29, 0.717) is 32.7 Å². The lowest BCUT2D eigenvalue weighted by Crippen LogP contribution is -2.52. The number of morpholine rings is 1. The Kier molecular flexibility index (Phi) is 5.51. The summed E-state index contributed by atoms with van der Waals surface area (Å²) in [4.78, 5) is 28.9. The van der Waals surface area contributed by atoms with E-state index in [-0.39, 0.29) is 12.0 Å². The van der Waals surface area contributed by atoms with Gasteiger partial charge in [0.1, 0.15) is 17.7 Å². The van der Waals surface area contributed by atoms with E-state index in [1.165, 1.54) is 0 Å². The molecule has 2 aliphatic heterocycles. The smallest absolute Gasteiger partial charge is 0.410 e. The second-order valence-electron chi connectivity index (χ2n) is 7.89. The van der Waals surface area contributed by atoms with Gasteiger partial charge in [-0.25, -0.2) is 4.79 Å². The van der Waals surface area contributed by atoms with Gasteiger partial charge in [0.2, 0.25) is 5.91 Å². The molecule has 0 spiro atoms. The molecule has 1 aromatic carbocycles. The summed E-state index contributed by atoms with van der Waals surface area (Å²) in [5.41, 5.74) is 0.505. The van der Waals surface area contributed by atoms with E-state index < -0.39 is 17.7 Å². The maximum absolute atomic E-state index is 13.1. The number of likely N-dealkylation sites (tertiary alicyclic amines) is 1. The van der Waals surface area contributed by atoms with Crippen molar-refractivity contribution in [1.29, 1.82) is 0 Å². The number of amides is 2. The summed E-state index contributed by atoms with van der Waals surface area (Å²) >= 11 is 0. The van der Waals surface area contributed by atoms with Crippen LogP contribution in [0.25, 0.3) is 0 Å². The van der Waals surface area contributed by atoms with Gasteiger partial charge in [-0.05, 0) is 39.2 Å². The fourth-order valence-electron chi connectivity index (χ4n) is 3.49. The summed E-state index contributed by atoms with van der Waals surface area (Å²) < 4.78 is 11.3. The topological polar surface area (TPSA) is 59.1 Å². The summed E-state index contributed by atoms with van der Waals surface area (Å²) in [5.74, 6) is -0.00223. The third-order valence-electron chi connectivity index (χ3n) is 4.72. The first-order valence-electron chi connectivity index (χ1n) is 9.30. The normalized spacial score (nSPS) is 23.8. The monoisotopic (exact) mass is 360 g/mol. The van der Waals surface area contributed by atoms with Crippen molar-refractivity contribution >= 4 is 12.0 Å². The van der Waals surface area contributed by atoms with Crippen LogP contribution in [0.3, 0.4) is 0 Å². The average Bonchev–Trinajstić information content (AvgIpc) is 3.10. The predicted octanol–water partition coefficient (Wildman–Crippen LogP) is 2.99. The number of nitrogens with zero attached hydrogens (tertiary/aromatic N) is 2. The molecule has 3 rings (SSSR count). The first-order valence-corrected chi connectivity index (χ1v) is 9.30. The van der Waals surface area contributed by atoms with Gasteiger partial charge in [-0.2, -0.15) is 0 Å². The van der Waals surface area contributed by atoms with Crippen LogP contribution in [-0.4, -0.2) is 59.7 Å². The highest BCUT2D eigenvalue weighted by Crippen LogP contribution is 2.26. The number of benzene rings is 1. The quantitative estimate of drug-likeness (QED) is 0.814. The van der Waals surface area contributed by atoms with E-state index in [9.17, 15) is 9.59 Å². The molecule has 0 N–H and O–H groups in total. The standard InChI is InChI=1S/C20H28N2O4/c1-20(2,3)26-19(24)22-11-7-10-16(22)18(23)21-12-13-25-17(14-21)15-8-5-4-6-9-15/h4-6,8-9,16-17H,7,10-14H2,1-3H3. The zero-order valence-electron chi connectivity index (χ0n) is 15.8. The van der Waals surface area contributed by atoms with Crippen molar-refractivity contribution < 1.29 is 19.1 Å². The molecule has 2 fully saturated rings. The molecule has 2 heterocycles. The van der Waals surface area contributed by atoms with Crippen molar-refractivity contribution in [2.75, 3.05) is 26.2 Å². The molecule has 0 aromatic heterocycles. The summed E-state index contributed by atoms with van der Waals surface area (Å²) in [6, 6.07) is 9.51. The lowest BCUT2D eigenvalue weighted by molar-refractivity contribution is -0.143. The Hall–Kier alpha value is -2.08. The lowest BCUT2D eigenvalue weighted by atomic mass is 10.1. The van der Waals surface area contributed by atoms with Crippen LogP contribution in [0.5, 0.6) is 0 Å².